The van der Waals surface area contributed by atoms with Gasteiger partial charge in [-0.05, 0) is 34.0 Å². The molecule has 3 aromatic rings. The zero-order valence-corrected chi connectivity index (χ0v) is 11.0. The summed E-state index contributed by atoms with van der Waals surface area (Å²) in [5.41, 5.74) is 9.07. The van der Waals surface area contributed by atoms with Crippen molar-refractivity contribution in [2.75, 3.05) is 0 Å². The highest BCUT2D eigenvalue weighted by atomic mass is 15.5. The van der Waals surface area contributed by atoms with Gasteiger partial charge in [0.25, 0.3) is 0 Å². The van der Waals surface area contributed by atoms with Gasteiger partial charge in [-0.25, -0.2) is 0 Å². The first-order chi connectivity index (χ1) is 9.88. The monoisotopic (exact) mass is 265 g/mol. The molecule has 0 aliphatic carbocycles. The van der Waals surface area contributed by atoms with Crippen LogP contribution in [-0.2, 0) is 13.0 Å². The summed E-state index contributed by atoms with van der Waals surface area (Å²) >= 11 is 0. The second kappa shape index (κ2) is 5.63. The first-order valence-corrected chi connectivity index (χ1v) is 6.48. The summed E-state index contributed by atoms with van der Waals surface area (Å²) in [7, 11) is 0. The molecule has 0 aliphatic heterocycles. The SMILES string of the molecule is NCc1nnnn1-c1ccccc1Cc1ccccc1. The van der Waals surface area contributed by atoms with Crippen LogP contribution in [0.25, 0.3) is 5.69 Å². The van der Waals surface area contributed by atoms with Crippen molar-refractivity contribution in [3.63, 3.8) is 0 Å². The minimum Gasteiger partial charge on any atom is -0.324 e. The highest BCUT2D eigenvalue weighted by Gasteiger charge is 2.10. The van der Waals surface area contributed by atoms with E-state index < -0.39 is 0 Å². The van der Waals surface area contributed by atoms with Crippen molar-refractivity contribution in [1.29, 1.82) is 0 Å². The van der Waals surface area contributed by atoms with Gasteiger partial charge < -0.3 is 5.73 Å². The maximum absolute atomic E-state index is 5.67. The van der Waals surface area contributed by atoms with Crippen LogP contribution >= 0.6 is 0 Å². The van der Waals surface area contributed by atoms with E-state index in [9.17, 15) is 0 Å². The van der Waals surface area contributed by atoms with Gasteiger partial charge in [0.15, 0.2) is 5.82 Å². The molecule has 5 heteroatoms. The van der Waals surface area contributed by atoms with E-state index in [1.54, 1.807) is 4.68 Å². The maximum atomic E-state index is 5.67. The van der Waals surface area contributed by atoms with Crippen LogP contribution in [0.4, 0.5) is 0 Å². The Kier molecular flexibility index (Phi) is 3.52. The van der Waals surface area contributed by atoms with E-state index in [1.807, 2.05) is 36.4 Å². The van der Waals surface area contributed by atoms with E-state index in [1.165, 1.54) is 11.1 Å². The predicted octanol–water partition coefficient (Wildman–Crippen LogP) is 1.71. The molecule has 0 atom stereocenters. The summed E-state index contributed by atoms with van der Waals surface area (Å²) in [6, 6.07) is 18.4. The number of hydrogen-bond acceptors (Lipinski definition) is 4. The molecule has 0 amide bonds. The molecule has 20 heavy (non-hydrogen) atoms. The molecule has 1 heterocycles. The Morgan fingerprint density at radius 2 is 1.70 bits per heavy atom. The lowest BCUT2D eigenvalue weighted by Crippen LogP contribution is -2.10. The lowest BCUT2D eigenvalue weighted by molar-refractivity contribution is 0.755. The topological polar surface area (TPSA) is 69.6 Å². The fraction of sp³-hybridized carbons (Fsp3) is 0.133. The highest BCUT2D eigenvalue weighted by molar-refractivity contribution is 5.43. The van der Waals surface area contributed by atoms with Crippen LogP contribution < -0.4 is 5.73 Å². The second-order valence-electron chi connectivity index (χ2n) is 4.50. The number of aromatic nitrogens is 4. The molecule has 0 unspecified atom stereocenters. The second-order valence-corrected chi connectivity index (χ2v) is 4.50. The van der Waals surface area contributed by atoms with Crippen LogP contribution in [0.1, 0.15) is 17.0 Å². The third-order valence-corrected chi connectivity index (χ3v) is 3.17. The summed E-state index contributed by atoms with van der Waals surface area (Å²) in [5.74, 6) is 0.658. The Morgan fingerprint density at radius 1 is 0.950 bits per heavy atom. The van der Waals surface area contributed by atoms with Gasteiger partial charge in [0.05, 0.1) is 12.2 Å². The Hall–Kier alpha value is -2.53. The van der Waals surface area contributed by atoms with Crippen molar-refractivity contribution in [3.8, 4) is 5.69 Å². The lowest BCUT2D eigenvalue weighted by Gasteiger charge is -2.10. The number of para-hydroxylation sites is 1. The number of hydrogen-bond donors (Lipinski definition) is 1. The average Bonchev–Trinajstić information content (AvgIpc) is 2.97. The van der Waals surface area contributed by atoms with E-state index in [2.05, 4.69) is 33.7 Å². The largest absolute Gasteiger partial charge is 0.324 e. The first kappa shape index (κ1) is 12.5. The van der Waals surface area contributed by atoms with Crippen molar-refractivity contribution in [2.45, 2.75) is 13.0 Å². The van der Waals surface area contributed by atoms with Crippen molar-refractivity contribution in [2.24, 2.45) is 5.73 Å². The molecule has 0 radical (unpaired) electrons. The fourth-order valence-corrected chi connectivity index (χ4v) is 2.20. The molecule has 0 spiro atoms. The van der Waals surface area contributed by atoms with Crippen LogP contribution in [0.5, 0.6) is 0 Å². The quantitative estimate of drug-likeness (QED) is 0.779. The lowest BCUT2D eigenvalue weighted by atomic mass is 10.0. The molecule has 0 fully saturated rings. The van der Waals surface area contributed by atoms with Crippen molar-refractivity contribution in [1.82, 2.24) is 20.2 Å². The van der Waals surface area contributed by atoms with Gasteiger partial charge in [-0.15, -0.1) is 5.10 Å². The van der Waals surface area contributed by atoms with Crippen molar-refractivity contribution >= 4 is 0 Å². The molecule has 5 nitrogen and oxygen atoms in total. The molecule has 1 aromatic heterocycles. The summed E-state index contributed by atoms with van der Waals surface area (Å²) < 4.78 is 1.71. The Balaban J connectivity index is 2.01. The molecular weight excluding hydrogens is 250 g/mol. The summed E-state index contributed by atoms with van der Waals surface area (Å²) in [6.07, 6.45) is 0.834. The van der Waals surface area contributed by atoms with Gasteiger partial charge in [-0.3, -0.25) is 0 Å². The van der Waals surface area contributed by atoms with Gasteiger partial charge in [-0.2, -0.15) is 4.68 Å². The first-order valence-electron chi connectivity index (χ1n) is 6.48. The Morgan fingerprint density at radius 3 is 2.50 bits per heavy atom. The Bertz CT molecular complexity index is 690. The molecule has 0 aliphatic rings. The van der Waals surface area contributed by atoms with Gasteiger partial charge >= 0.3 is 0 Å². The zero-order chi connectivity index (χ0) is 13.8. The molecule has 2 N–H and O–H groups in total. The molecule has 3 rings (SSSR count). The molecule has 2 aromatic carbocycles. The number of rotatable bonds is 4. The van der Waals surface area contributed by atoms with Crippen LogP contribution in [-0.4, -0.2) is 20.2 Å². The normalized spacial score (nSPS) is 10.7. The van der Waals surface area contributed by atoms with Gasteiger partial charge in [0, 0.05) is 0 Å². The minimum atomic E-state index is 0.312. The average molecular weight is 265 g/mol. The van der Waals surface area contributed by atoms with Crippen LogP contribution in [0.2, 0.25) is 0 Å². The van der Waals surface area contributed by atoms with Crippen LogP contribution in [0.15, 0.2) is 54.6 Å². The van der Waals surface area contributed by atoms with Gasteiger partial charge in [-0.1, -0.05) is 48.5 Å². The Labute approximate surface area is 117 Å². The molecule has 0 saturated heterocycles. The van der Waals surface area contributed by atoms with Gasteiger partial charge in [0.2, 0.25) is 0 Å². The predicted molar refractivity (Wildman–Crippen MR) is 76.3 cm³/mol. The van der Waals surface area contributed by atoms with Crippen LogP contribution in [0, 0.1) is 0 Å². The summed E-state index contributed by atoms with van der Waals surface area (Å²) in [5, 5.41) is 11.7. The molecular formula is C15H15N5. The van der Waals surface area contributed by atoms with Crippen LogP contribution in [0.3, 0.4) is 0 Å². The zero-order valence-electron chi connectivity index (χ0n) is 11.0. The van der Waals surface area contributed by atoms with E-state index >= 15 is 0 Å². The standard InChI is InChI=1S/C15H15N5/c16-11-15-17-18-19-20(15)14-9-5-4-8-13(14)10-12-6-2-1-3-7-12/h1-9H,10-11,16H2. The maximum Gasteiger partial charge on any atom is 0.170 e. The fourth-order valence-electron chi connectivity index (χ4n) is 2.20. The third kappa shape index (κ3) is 2.44. The van der Waals surface area contributed by atoms with E-state index in [-0.39, 0.29) is 0 Å². The number of tetrazole rings is 1. The number of nitrogens with two attached hydrogens (primary N) is 1. The highest BCUT2D eigenvalue weighted by Crippen LogP contribution is 2.18. The van der Waals surface area contributed by atoms with E-state index in [0.717, 1.165) is 12.1 Å². The summed E-state index contributed by atoms with van der Waals surface area (Å²) in [4.78, 5) is 0. The van der Waals surface area contributed by atoms with E-state index in [4.69, 9.17) is 5.73 Å². The number of benzene rings is 2. The number of nitrogens with zero attached hydrogens (tertiary/aromatic N) is 4. The molecule has 0 saturated carbocycles. The molecule has 0 bridgehead atoms. The smallest absolute Gasteiger partial charge is 0.170 e. The van der Waals surface area contributed by atoms with Crippen molar-refractivity contribution in [3.05, 3.63) is 71.5 Å². The van der Waals surface area contributed by atoms with E-state index in [0.29, 0.717) is 12.4 Å². The van der Waals surface area contributed by atoms with Crippen molar-refractivity contribution < 1.29 is 0 Å². The molecule has 100 valence electrons. The summed E-state index contributed by atoms with van der Waals surface area (Å²) in [6.45, 7) is 0.312. The van der Waals surface area contributed by atoms with Gasteiger partial charge in [0.1, 0.15) is 0 Å². The minimum absolute atomic E-state index is 0.312. The third-order valence-electron chi connectivity index (χ3n) is 3.17.